The highest BCUT2D eigenvalue weighted by Gasteiger charge is 2.11. The summed E-state index contributed by atoms with van der Waals surface area (Å²) < 4.78 is 5.55. The minimum atomic E-state index is -0.0550. The first-order valence-corrected chi connectivity index (χ1v) is 8.34. The maximum absolute atomic E-state index is 12.1. The van der Waals surface area contributed by atoms with Gasteiger partial charge in [-0.25, -0.2) is 4.98 Å². The van der Waals surface area contributed by atoms with Crippen LogP contribution >= 0.6 is 11.3 Å². The second-order valence-corrected chi connectivity index (χ2v) is 6.23. The van der Waals surface area contributed by atoms with Crippen molar-refractivity contribution in [1.82, 2.24) is 4.98 Å². The van der Waals surface area contributed by atoms with Crippen LogP contribution in [0.15, 0.2) is 41.8 Å². The smallest absolute Gasteiger partial charge is 0.227 e. The molecule has 1 N–H and O–H groups in total. The Morgan fingerprint density at radius 1 is 1.26 bits per heavy atom. The largest absolute Gasteiger partial charge is 0.493 e. The first kappa shape index (κ1) is 15.5. The normalized spacial score (nSPS) is 10.7. The molecule has 0 aliphatic heterocycles. The Bertz CT molecular complexity index is 828. The van der Waals surface area contributed by atoms with Crippen LogP contribution in [-0.2, 0) is 4.79 Å². The van der Waals surface area contributed by atoms with Crippen molar-refractivity contribution in [3.05, 3.63) is 53.0 Å². The molecule has 0 aliphatic carbocycles. The van der Waals surface area contributed by atoms with Crippen LogP contribution < -0.4 is 10.1 Å². The highest BCUT2D eigenvalue weighted by atomic mass is 32.1. The molecule has 0 fully saturated rings. The number of carbonyl (C=O) groups is 1. The zero-order chi connectivity index (χ0) is 16.2. The SMILES string of the molecule is Cc1cc(C)c2c(NC(=O)CCOc3ccccc3)csc2n1. The summed E-state index contributed by atoms with van der Waals surface area (Å²) in [5.74, 6) is 0.720. The Kier molecular flexibility index (Phi) is 4.57. The van der Waals surface area contributed by atoms with Crippen LogP contribution in [0.2, 0.25) is 0 Å². The third kappa shape index (κ3) is 3.68. The van der Waals surface area contributed by atoms with Crippen molar-refractivity contribution in [2.45, 2.75) is 20.3 Å². The van der Waals surface area contributed by atoms with Gasteiger partial charge in [0.2, 0.25) is 5.91 Å². The molecule has 1 aromatic carbocycles. The van der Waals surface area contributed by atoms with Crippen LogP contribution in [0.1, 0.15) is 17.7 Å². The Morgan fingerprint density at radius 3 is 2.83 bits per heavy atom. The molecule has 0 unspecified atom stereocenters. The number of hydrogen-bond acceptors (Lipinski definition) is 4. The van der Waals surface area contributed by atoms with Crippen LogP contribution in [0, 0.1) is 13.8 Å². The van der Waals surface area contributed by atoms with Gasteiger partial charge in [-0.2, -0.15) is 0 Å². The number of rotatable bonds is 5. The summed E-state index contributed by atoms with van der Waals surface area (Å²) in [5, 5.41) is 5.93. The van der Waals surface area contributed by atoms with E-state index in [2.05, 4.69) is 10.3 Å². The van der Waals surface area contributed by atoms with Crippen LogP contribution in [-0.4, -0.2) is 17.5 Å². The fourth-order valence-electron chi connectivity index (χ4n) is 2.47. The number of nitrogens with zero attached hydrogens (tertiary/aromatic N) is 1. The van der Waals surface area contributed by atoms with Gasteiger partial charge in [0.05, 0.1) is 18.7 Å². The van der Waals surface area contributed by atoms with Gasteiger partial charge in [0, 0.05) is 16.5 Å². The molecular formula is C18H18N2O2S. The second-order valence-electron chi connectivity index (χ2n) is 5.37. The van der Waals surface area contributed by atoms with E-state index >= 15 is 0 Å². The lowest BCUT2D eigenvalue weighted by molar-refractivity contribution is -0.116. The quantitative estimate of drug-likeness (QED) is 0.759. The lowest BCUT2D eigenvalue weighted by Gasteiger charge is -2.07. The second kappa shape index (κ2) is 6.79. The molecule has 23 heavy (non-hydrogen) atoms. The van der Waals surface area contributed by atoms with Crippen LogP contribution in [0.25, 0.3) is 10.2 Å². The van der Waals surface area contributed by atoms with Gasteiger partial charge in [-0.1, -0.05) is 18.2 Å². The number of thiophene rings is 1. The lowest BCUT2D eigenvalue weighted by Crippen LogP contribution is -2.15. The number of pyridine rings is 1. The van der Waals surface area contributed by atoms with E-state index in [9.17, 15) is 4.79 Å². The number of aryl methyl sites for hydroxylation is 2. The summed E-state index contributed by atoms with van der Waals surface area (Å²) in [6.07, 6.45) is 0.310. The van der Waals surface area contributed by atoms with Gasteiger partial charge >= 0.3 is 0 Å². The number of ether oxygens (including phenoxy) is 1. The Morgan fingerprint density at radius 2 is 2.04 bits per heavy atom. The first-order chi connectivity index (χ1) is 11.1. The molecule has 0 saturated heterocycles. The van der Waals surface area contributed by atoms with E-state index in [0.717, 1.165) is 32.9 Å². The predicted molar refractivity (Wildman–Crippen MR) is 94.3 cm³/mol. The number of hydrogen-bond donors (Lipinski definition) is 1. The van der Waals surface area contributed by atoms with Gasteiger partial charge < -0.3 is 10.1 Å². The summed E-state index contributed by atoms with van der Waals surface area (Å²) in [6, 6.07) is 11.5. The topological polar surface area (TPSA) is 51.2 Å². The monoisotopic (exact) mass is 326 g/mol. The van der Waals surface area contributed by atoms with E-state index in [1.54, 1.807) is 11.3 Å². The number of aromatic nitrogens is 1. The molecule has 0 bridgehead atoms. The summed E-state index contributed by atoms with van der Waals surface area (Å²) in [6.45, 7) is 4.37. The Balaban J connectivity index is 1.62. The number of nitrogens with one attached hydrogen (secondary N) is 1. The maximum atomic E-state index is 12.1. The van der Waals surface area contributed by atoms with E-state index in [1.807, 2.05) is 55.6 Å². The van der Waals surface area contributed by atoms with Gasteiger partial charge in [-0.05, 0) is 37.6 Å². The molecule has 0 spiro atoms. The molecule has 3 aromatic rings. The summed E-state index contributed by atoms with van der Waals surface area (Å²) >= 11 is 1.55. The number of anilines is 1. The van der Waals surface area contributed by atoms with Crippen LogP contribution in [0.3, 0.4) is 0 Å². The zero-order valence-electron chi connectivity index (χ0n) is 13.1. The zero-order valence-corrected chi connectivity index (χ0v) is 13.9. The molecule has 118 valence electrons. The average molecular weight is 326 g/mol. The van der Waals surface area contributed by atoms with Crippen LogP contribution in [0.4, 0.5) is 5.69 Å². The molecule has 5 heteroatoms. The highest BCUT2D eigenvalue weighted by molar-refractivity contribution is 7.17. The Hall–Kier alpha value is -2.40. The van der Waals surface area contributed by atoms with E-state index in [1.165, 1.54) is 0 Å². The van der Waals surface area contributed by atoms with E-state index in [4.69, 9.17) is 4.74 Å². The van der Waals surface area contributed by atoms with Gasteiger partial charge in [0.15, 0.2) is 0 Å². The minimum Gasteiger partial charge on any atom is -0.493 e. The predicted octanol–water partition coefficient (Wildman–Crippen LogP) is 4.32. The van der Waals surface area contributed by atoms with Crippen molar-refractivity contribution in [3.63, 3.8) is 0 Å². The van der Waals surface area contributed by atoms with Crippen molar-refractivity contribution in [3.8, 4) is 5.75 Å². The van der Waals surface area contributed by atoms with Crippen molar-refractivity contribution >= 4 is 33.1 Å². The number of para-hydroxylation sites is 1. The summed E-state index contributed by atoms with van der Waals surface area (Å²) in [4.78, 5) is 17.6. The third-order valence-corrected chi connectivity index (χ3v) is 4.36. The van der Waals surface area contributed by atoms with Crippen molar-refractivity contribution in [1.29, 1.82) is 0 Å². The molecule has 4 nitrogen and oxygen atoms in total. The summed E-state index contributed by atoms with van der Waals surface area (Å²) in [7, 11) is 0. The van der Waals surface area contributed by atoms with E-state index < -0.39 is 0 Å². The lowest BCUT2D eigenvalue weighted by atomic mass is 10.1. The molecule has 3 rings (SSSR count). The van der Waals surface area contributed by atoms with E-state index in [-0.39, 0.29) is 5.91 Å². The standard InChI is InChI=1S/C18H18N2O2S/c1-12-10-13(2)19-18-17(12)15(11-23-18)20-16(21)8-9-22-14-6-4-3-5-7-14/h3-7,10-11H,8-9H2,1-2H3,(H,20,21). The van der Waals surface area contributed by atoms with Crippen molar-refractivity contribution < 1.29 is 9.53 Å². The Labute approximate surface area is 139 Å². The molecule has 0 aliphatic rings. The molecule has 2 aromatic heterocycles. The molecule has 0 radical (unpaired) electrons. The minimum absolute atomic E-state index is 0.0550. The van der Waals surface area contributed by atoms with E-state index in [0.29, 0.717) is 13.0 Å². The third-order valence-electron chi connectivity index (χ3n) is 3.48. The first-order valence-electron chi connectivity index (χ1n) is 7.46. The molecule has 0 atom stereocenters. The maximum Gasteiger partial charge on any atom is 0.227 e. The molecule has 0 saturated carbocycles. The number of benzene rings is 1. The number of amides is 1. The van der Waals surface area contributed by atoms with Crippen molar-refractivity contribution in [2.24, 2.45) is 0 Å². The van der Waals surface area contributed by atoms with Crippen molar-refractivity contribution in [2.75, 3.05) is 11.9 Å². The fourth-order valence-corrected chi connectivity index (χ4v) is 3.46. The van der Waals surface area contributed by atoms with Gasteiger partial charge in [-0.15, -0.1) is 11.3 Å². The number of carbonyl (C=O) groups excluding carboxylic acids is 1. The van der Waals surface area contributed by atoms with Gasteiger partial charge in [0.1, 0.15) is 10.6 Å². The molecular weight excluding hydrogens is 308 g/mol. The molecule has 2 heterocycles. The molecule has 1 amide bonds. The van der Waals surface area contributed by atoms with Crippen LogP contribution in [0.5, 0.6) is 5.75 Å². The fraction of sp³-hybridized carbons (Fsp3) is 0.222. The average Bonchev–Trinajstić information content (AvgIpc) is 2.91. The summed E-state index contributed by atoms with van der Waals surface area (Å²) in [5.41, 5.74) is 2.95. The van der Waals surface area contributed by atoms with Gasteiger partial charge in [-0.3, -0.25) is 4.79 Å². The number of fused-ring (bicyclic) bond motifs is 1. The van der Waals surface area contributed by atoms with Gasteiger partial charge in [0.25, 0.3) is 0 Å². The highest BCUT2D eigenvalue weighted by Crippen LogP contribution is 2.32.